The van der Waals surface area contributed by atoms with E-state index in [9.17, 15) is 4.79 Å². The van der Waals surface area contributed by atoms with Gasteiger partial charge in [0, 0.05) is 6.04 Å². The third kappa shape index (κ3) is 4.88. The Morgan fingerprint density at radius 3 is 2.52 bits per heavy atom. The monoisotopic (exact) mass is 341 g/mol. The molecule has 1 aliphatic carbocycles. The molecule has 0 spiro atoms. The van der Waals surface area contributed by atoms with E-state index in [-0.39, 0.29) is 11.9 Å². The van der Waals surface area contributed by atoms with E-state index in [1.165, 1.54) is 24.8 Å². The normalized spacial score (nSPS) is 15.3. The zero-order chi connectivity index (χ0) is 17.6. The Bertz CT molecular complexity index is 681. The van der Waals surface area contributed by atoms with Crippen LogP contribution in [0.25, 0.3) is 0 Å². The van der Waals surface area contributed by atoms with Gasteiger partial charge in [-0.1, -0.05) is 45.2 Å². The number of ether oxygens (including phenoxy) is 1. The highest BCUT2D eigenvalue weighted by atomic mass is 16.5. The molecule has 0 saturated heterocycles. The number of nitrogens with one attached hydrogen (secondary N) is 1. The van der Waals surface area contributed by atoms with Crippen molar-refractivity contribution in [2.75, 3.05) is 0 Å². The van der Waals surface area contributed by atoms with Gasteiger partial charge in [0.2, 0.25) is 0 Å². The van der Waals surface area contributed by atoms with Gasteiger partial charge in [0.25, 0.3) is 5.91 Å². The molecule has 1 aromatic heterocycles. The third-order valence-corrected chi connectivity index (χ3v) is 4.75. The summed E-state index contributed by atoms with van der Waals surface area (Å²) < 4.78 is 11.4. The molecule has 0 unspecified atom stereocenters. The Kier molecular flexibility index (Phi) is 5.79. The first-order valence-electron chi connectivity index (χ1n) is 9.24. The Hall–Kier alpha value is -2.23. The van der Waals surface area contributed by atoms with E-state index >= 15 is 0 Å². The summed E-state index contributed by atoms with van der Waals surface area (Å²) in [5.41, 5.74) is 1.28. The second kappa shape index (κ2) is 8.24. The molecule has 1 aromatic carbocycles. The van der Waals surface area contributed by atoms with Crippen LogP contribution < -0.4 is 10.1 Å². The molecular formula is C21H27NO3. The summed E-state index contributed by atoms with van der Waals surface area (Å²) in [5, 5.41) is 3.07. The summed E-state index contributed by atoms with van der Waals surface area (Å²) >= 11 is 0. The maximum absolute atomic E-state index is 12.3. The number of carbonyl (C=O) groups is 1. The Morgan fingerprint density at radius 2 is 1.84 bits per heavy atom. The van der Waals surface area contributed by atoms with Gasteiger partial charge in [-0.2, -0.15) is 0 Å². The molecule has 1 saturated carbocycles. The molecule has 0 bridgehead atoms. The van der Waals surface area contributed by atoms with E-state index < -0.39 is 0 Å². The van der Waals surface area contributed by atoms with Crippen LogP contribution in [-0.2, 0) is 6.61 Å². The van der Waals surface area contributed by atoms with Crippen molar-refractivity contribution in [1.82, 2.24) is 5.32 Å². The number of hydrogen-bond donors (Lipinski definition) is 1. The summed E-state index contributed by atoms with van der Waals surface area (Å²) in [6.45, 7) is 4.65. The van der Waals surface area contributed by atoms with E-state index in [4.69, 9.17) is 9.15 Å². The van der Waals surface area contributed by atoms with Crippen molar-refractivity contribution in [2.45, 2.75) is 64.5 Å². The average Bonchev–Trinajstić information content (AvgIpc) is 3.10. The van der Waals surface area contributed by atoms with Gasteiger partial charge in [0.05, 0.1) is 0 Å². The number of rotatable bonds is 6. The van der Waals surface area contributed by atoms with Crippen molar-refractivity contribution in [3.63, 3.8) is 0 Å². The highest BCUT2D eigenvalue weighted by Crippen LogP contribution is 2.21. The van der Waals surface area contributed by atoms with Gasteiger partial charge in [0.1, 0.15) is 18.1 Å². The molecule has 0 atom stereocenters. The fourth-order valence-corrected chi connectivity index (χ4v) is 3.18. The zero-order valence-corrected chi connectivity index (χ0v) is 15.1. The van der Waals surface area contributed by atoms with Crippen LogP contribution in [0, 0.1) is 0 Å². The standard InChI is InChI=1S/C21H27NO3/c1-15(2)16-8-10-18(11-9-16)24-14-19-12-13-20(25-19)21(23)22-17-6-4-3-5-7-17/h8-13,15,17H,3-7,14H2,1-2H3,(H,22,23). The van der Waals surface area contributed by atoms with E-state index in [0.717, 1.165) is 18.6 Å². The molecule has 1 heterocycles. The van der Waals surface area contributed by atoms with Gasteiger partial charge >= 0.3 is 0 Å². The van der Waals surface area contributed by atoms with Crippen LogP contribution in [-0.4, -0.2) is 11.9 Å². The molecule has 4 nitrogen and oxygen atoms in total. The number of carbonyl (C=O) groups excluding carboxylic acids is 1. The van der Waals surface area contributed by atoms with Gasteiger partial charge in [0.15, 0.2) is 5.76 Å². The minimum atomic E-state index is -0.126. The molecule has 25 heavy (non-hydrogen) atoms. The first-order chi connectivity index (χ1) is 12.1. The van der Waals surface area contributed by atoms with Gasteiger partial charge in [-0.05, 0) is 48.6 Å². The zero-order valence-electron chi connectivity index (χ0n) is 15.1. The van der Waals surface area contributed by atoms with Crippen molar-refractivity contribution in [3.05, 3.63) is 53.5 Å². The van der Waals surface area contributed by atoms with Crippen LogP contribution in [0.15, 0.2) is 40.8 Å². The number of amides is 1. The molecule has 3 rings (SSSR count). The van der Waals surface area contributed by atoms with Crippen molar-refractivity contribution in [2.24, 2.45) is 0 Å². The first-order valence-corrected chi connectivity index (χ1v) is 9.24. The maximum Gasteiger partial charge on any atom is 0.287 e. The van der Waals surface area contributed by atoms with Crippen molar-refractivity contribution in [3.8, 4) is 5.75 Å². The van der Waals surface area contributed by atoms with E-state index in [2.05, 4.69) is 31.3 Å². The largest absolute Gasteiger partial charge is 0.486 e. The maximum atomic E-state index is 12.3. The second-order valence-electron chi connectivity index (χ2n) is 7.09. The van der Waals surface area contributed by atoms with Gasteiger partial charge in [-0.25, -0.2) is 0 Å². The lowest BCUT2D eigenvalue weighted by Crippen LogP contribution is -2.35. The SMILES string of the molecule is CC(C)c1ccc(OCc2ccc(C(=O)NC3CCCCC3)o2)cc1. The minimum Gasteiger partial charge on any atom is -0.486 e. The Balaban J connectivity index is 1.51. The molecule has 2 aromatic rings. The number of benzene rings is 1. The van der Waals surface area contributed by atoms with Crippen LogP contribution in [0.2, 0.25) is 0 Å². The van der Waals surface area contributed by atoms with Gasteiger partial charge in [-0.3, -0.25) is 4.79 Å². The lowest BCUT2D eigenvalue weighted by molar-refractivity contribution is 0.0895. The molecule has 0 aliphatic heterocycles. The molecular weight excluding hydrogens is 314 g/mol. The fourth-order valence-electron chi connectivity index (χ4n) is 3.18. The van der Waals surface area contributed by atoms with E-state index in [0.29, 0.717) is 24.0 Å². The highest BCUT2D eigenvalue weighted by molar-refractivity contribution is 5.91. The lowest BCUT2D eigenvalue weighted by Gasteiger charge is -2.22. The van der Waals surface area contributed by atoms with Crippen molar-refractivity contribution >= 4 is 5.91 Å². The smallest absolute Gasteiger partial charge is 0.287 e. The van der Waals surface area contributed by atoms with E-state index in [1.54, 1.807) is 12.1 Å². The molecule has 1 N–H and O–H groups in total. The lowest BCUT2D eigenvalue weighted by atomic mass is 9.95. The van der Waals surface area contributed by atoms with Crippen LogP contribution in [0.1, 0.15) is 73.7 Å². The summed E-state index contributed by atoms with van der Waals surface area (Å²) in [5.74, 6) is 2.19. The fraction of sp³-hybridized carbons (Fsp3) is 0.476. The Morgan fingerprint density at radius 1 is 1.12 bits per heavy atom. The topological polar surface area (TPSA) is 51.5 Å². The second-order valence-corrected chi connectivity index (χ2v) is 7.09. The molecule has 134 valence electrons. The molecule has 1 aliphatic rings. The highest BCUT2D eigenvalue weighted by Gasteiger charge is 2.18. The van der Waals surface area contributed by atoms with Crippen LogP contribution in [0.4, 0.5) is 0 Å². The molecule has 0 radical (unpaired) electrons. The summed E-state index contributed by atoms with van der Waals surface area (Å²) in [6.07, 6.45) is 5.78. The van der Waals surface area contributed by atoms with Crippen LogP contribution in [0.3, 0.4) is 0 Å². The summed E-state index contributed by atoms with van der Waals surface area (Å²) in [6, 6.07) is 11.9. The predicted octanol–water partition coefficient (Wildman–Crippen LogP) is 5.04. The summed E-state index contributed by atoms with van der Waals surface area (Å²) in [7, 11) is 0. The van der Waals surface area contributed by atoms with Gasteiger partial charge < -0.3 is 14.5 Å². The predicted molar refractivity (Wildman–Crippen MR) is 97.9 cm³/mol. The molecule has 1 fully saturated rings. The molecule has 4 heteroatoms. The first kappa shape index (κ1) is 17.6. The Labute approximate surface area is 149 Å². The third-order valence-electron chi connectivity index (χ3n) is 4.75. The summed E-state index contributed by atoms with van der Waals surface area (Å²) in [4.78, 5) is 12.3. The quantitative estimate of drug-likeness (QED) is 0.800. The molecule has 1 amide bonds. The number of hydrogen-bond acceptors (Lipinski definition) is 3. The van der Waals surface area contributed by atoms with Crippen LogP contribution in [0.5, 0.6) is 5.75 Å². The minimum absolute atomic E-state index is 0.126. The van der Waals surface area contributed by atoms with Crippen molar-refractivity contribution < 1.29 is 13.9 Å². The van der Waals surface area contributed by atoms with Crippen molar-refractivity contribution in [1.29, 1.82) is 0 Å². The number of furan rings is 1. The van der Waals surface area contributed by atoms with E-state index in [1.807, 2.05) is 12.1 Å². The van der Waals surface area contributed by atoms with Crippen LogP contribution >= 0.6 is 0 Å². The van der Waals surface area contributed by atoms with Gasteiger partial charge in [-0.15, -0.1) is 0 Å². The average molecular weight is 341 g/mol.